The Balaban J connectivity index is 2.88. The molecule has 1 aromatic carbocycles. The van der Waals surface area contributed by atoms with Crippen LogP contribution in [-0.4, -0.2) is 19.1 Å². The van der Waals surface area contributed by atoms with Gasteiger partial charge in [0.25, 0.3) is 0 Å². The summed E-state index contributed by atoms with van der Waals surface area (Å²) in [5.74, 6) is 0.358. The maximum Gasteiger partial charge on any atom is 0.241 e. The highest BCUT2D eigenvalue weighted by Gasteiger charge is 2.27. The van der Waals surface area contributed by atoms with E-state index in [9.17, 15) is 4.79 Å². The Morgan fingerprint density at radius 3 is 2.56 bits per heavy atom. The van der Waals surface area contributed by atoms with E-state index in [1.165, 1.54) is 0 Å². The second-order valence-corrected chi connectivity index (χ2v) is 5.59. The van der Waals surface area contributed by atoms with Crippen LogP contribution in [0.1, 0.15) is 20.8 Å². The minimum Gasteiger partial charge on any atom is -0.497 e. The number of carbonyl (C=O) groups is 1. The number of nitrogens with two attached hydrogens (primary N) is 1. The summed E-state index contributed by atoms with van der Waals surface area (Å²) in [5.41, 5.74) is 6.07. The van der Waals surface area contributed by atoms with E-state index in [0.717, 1.165) is 0 Å². The molecule has 0 radical (unpaired) electrons. The molecular formula is C13H19ClN2O2. The molecule has 0 fully saturated rings. The summed E-state index contributed by atoms with van der Waals surface area (Å²) in [7, 11) is 1.55. The standard InChI is InChI=1S/C13H19ClN2O2/c1-13(2,3)11(15)12(17)16-10-7-8(18-4)5-6-9(10)14/h5-7,11H,15H2,1-4H3,(H,16,17). The van der Waals surface area contributed by atoms with E-state index in [2.05, 4.69) is 5.32 Å². The maximum absolute atomic E-state index is 12.0. The lowest BCUT2D eigenvalue weighted by atomic mass is 9.87. The minimum absolute atomic E-state index is 0.266. The predicted octanol–water partition coefficient (Wildman–Crippen LogP) is 2.66. The first-order chi connectivity index (χ1) is 8.25. The maximum atomic E-state index is 12.0. The average molecular weight is 271 g/mol. The number of hydrogen-bond acceptors (Lipinski definition) is 3. The Kier molecular flexibility index (Phi) is 4.59. The fourth-order valence-electron chi connectivity index (χ4n) is 1.33. The smallest absolute Gasteiger partial charge is 0.241 e. The molecule has 0 aliphatic heterocycles. The van der Waals surface area contributed by atoms with Gasteiger partial charge in [0.1, 0.15) is 5.75 Å². The normalized spacial score (nSPS) is 13.0. The number of benzene rings is 1. The van der Waals surface area contributed by atoms with Crippen LogP contribution < -0.4 is 15.8 Å². The third-order valence-electron chi connectivity index (χ3n) is 2.65. The van der Waals surface area contributed by atoms with Gasteiger partial charge in [-0.1, -0.05) is 32.4 Å². The van der Waals surface area contributed by atoms with E-state index in [4.69, 9.17) is 22.1 Å². The Morgan fingerprint density at radius 2 is 2.06 bits per heavy atom. The summed E-state index contributed by atoms with van der Waals surface area (Å²) in [5, 5.41) is 3.16. The molecule has 0 saturated carbocycles. The van der Waals surface area contributed by atoms with Crippen LogP contribution in [0.25, 0.3) is 0 Å². The van der Waals surface area contributed by atoms with Crippen LogP contribution in [0.4, 0.5) is 5.69 Å². The van der Waals surface area contributed by atoms with E-state index in [0.29, 0.717) is 16.5 Å². The van der Waals surface area contributed by atoms with E-state index >= 15 is 0 Å². The number of rotatable bonds is 3. The molecule has 0 saturated heterocycles. The van der Waals surface area contributed by atoms with E-state index < -0.39 is 6.04 Å². The van der Waals surface area contributed by atoms with E-state index in [1.54, 1.807) is 25.3 Å². The molecule has 0 bridgehead atoms. The third-order valence-corrected chi connectivity index (χ3v) is 2.98. The van der Waals surface area contributed by atoms with Gasteiger partial charge >= 0.3 is 0 Å². The van der Waals surface area contributed by atoms with Crippen molar-refractivity contribution in [3.05, 3.63) is 23.2 Å². The predicted molar refractivity (Wildman–Crippen MR) is 74.1 cm³/mol. The van der Waals surface area contributed by atoms with Crippen molar-refractivity contribution in [2.45, 2.75) is 26.8 Å². The summed E-state index contributed by atoms with van der Waals surface area (Å²) >= 11 is 6.01. The zero-order valence-electron chi connectivity index (χ0n) is 11.1. The highest BCUT2D eigenvalue weighted by Crippen LogP contribution is 2.27. The van der Waals surface area contributed by atoms with Crippen molar-refractivity contribution in [3.8, 4) is 5.75 Å². The number of halogens is 1. The van der Waals surface area contributed by atoms with E-state index in [1.807, 2.05) is 20.8 Å². The van der Waals surface area contributed by atoms with Gasteiger partial charge in [0.15, 0.2) is 0 Å². The van der Waals surface area contributed by atoms with Crippen molar-refractivity contribution in [2.24, 2.45) is 11.1 Å². The molecular weight excluding hydrogens is 252 g/mol. The Bertz CT molecular complexity index is 441. The van der Waals surface area contributed by atoms with Crippen molar-refractivity contribution in [3.63, 3.8) is 0 Å². The average Bonchev–Trinajstić information content (AvgIpc) is 2.29. The van der Waals surface area contributed by atoms with Crippen LogP contribution in [0.15, 0.2) is 18.2 Å². The number of carbonyl (C=O) groups excluding carboxylic acids is 1. The molecule has 1 aromatic rings. The molecule has 3 N–H and O–H groups in total. The van der Waals surface area contributed by atoms with Gasteiger partial charge in [-0.25, -0.2) is 0 Å². The van der Waals surface area contributed by atoms with Crippen LogP contribution >= 0.6 is 11.6 Å². The molecule has 18 heavy (non-hydrogen) atoms. The van der Waals surface area contributed by atoms with Crippen molar-refractivity contribution in [1.82, 2.24) is 0 Å². The fraction of sp³-hybridized carbons (Fsp3) is 0.462. The van der Waals surface area contributed by atoms with Crippen LogP contribution in [0, 0.1) is 5.41 Å². The number of hydrogen-bond donors (Lipinski definition) is 2. The number of nitrogens with one attached hydrogen (secondary N) is 1. The van der Waals surface area contributed by atoms with Gasteiger partial charge in [-0.05, 0) is 17.5 Å². The summed E-state index contributed by atoms with van der Waals surface area (Å²) in [6.45, 7) is 5.72. The molecule has 1 unspecified atom stereocenters. The van der Waals surface area contributed by atoms with Crippen LogP contribution in [0.2, 0.25) is 5.02 Å². The topological polar surface area (TPSA) is 64.3 Å². The fourth-order valence-corrected chi connectivity index (χ4v) is 1.50. The first kappa shape index (κ1) is 14.8. The Hall–Kier alpha value is -1.26. The third kappa shape index (κ3) is 3.62. The lowest BCUT2D eigenvalue weighted by Gasteiger charge is -2.26. The Labute approximate surface area is 112 Å². The van der Waals surface area contributed by atoms with Crippen LogP contribution in [-0.2, 0) is 4.79 Å². The summed E-state index contributed by atoms with van der Waals surface area (Å²) < 4.78 is 5.08. The highest BCUT2D eigenvalue weighted by atomic mass is 35.5. The number of methoxy groups -OCH3 is 1. The Morgan fingerprint density at radius 1 is 1.44 bits per heavy atom. The first-order valence-corrected chi connectivity index (χ1v) is 6.03. The largest absolute Gasteiger partial charge is 0.497 e. The lowest BCUT2D eigenvalue weighted by Crippen LogP contribution is -2.45. The van der Waals surface area contributed by atoms with Gasteiger partial charge in [-0.3, -0.25) is 4.79 Å². The molecule has 1 rings (SSSR count). The zero-order chi connectivity index (χ0) is 13.9. The van der Waals surface area contributed by atoms with Gasteiger partial charge in [0, 0.05) is 6.07 Å². The summed E-state index contributed by atoms with van der Waals surface area (Å²) in [4.78, 5) is 12.0. The first-order valence-electron chi connectivity index (χ1n) is 5.65. The number of ether oxygens (including phenoxy) is 1. The molecule has 0 aliphatic carbocycles. The second-order valence-electron chi connectivity index (χ2n) is 5.18. The summed E-state index contributed by atoms with van der Waals surface area (Å²) in [6, 6.07) is 4.44. The van der Waals surface area contributed by atoms with Crippen molar-refractivity contribution in [2.75, 3.05) is 12.4 Å². The molecule has 100 valence electrons. The number of anilines is 1. The van der Waals surface area contributed by atoms with Crippen molar-refractivity contribution < 1.29 is 9.53 Å². The molecule has 1 atom stereocenters. The molecule has 0 aromatic heterocycles. The SMILES string of the molecule is COc1ccc(Cl)c(NC(=O)C(N)C(C)(C)C)c1. The van der Waals surface area contributed by atoms with Crippen LogP contribution in [0.5, 0.6) is 5.75 Å². The van der Waals surface area contributed by atoms with Gasteiger partial charge in [-0.2, -0.15) is 0 Å². The molecule has 1 amide bonds. The molecule has 0 spiro atoms. The van der Waals surface area contributed by atoms with Crippen LogP contribution in [0.3, 0.4) is 0 Å². The summed E-state index contributed by atoms with van der Waals surface area (Å²) in [6.07, 6.45) is 0. The van der Waals surface area contributed by atoms with Gasteiger partial charge in [0.05, 0.1) is 23.9 Å². The second kappa shape index (κ2) is 5.59. The molecule has 0 aliphatic rings. The van der Waals surface area contributed by atoms with Gasteiger partial charge in [0.2, 0.25) is 5.91 Å². The minimum atomic E-state index is -0.611. The monoisotopic (exact) mass is 270 g/mol. The van der Waals surface area contributed by atoms with Gasteiger partial charge < -0.3 is 15.8 Å². The molecule has 0 heterocycles. The van der Waals surface area contributed by atoms with Crippen molar-refractivity contribution in [1.29, 1.82) is 0 Å². The molecule has 5 heteroatoms. The van der Waals surface area contributed by atoms with E-state index in [-0.39, 0.29) is 11.3 Å². The highest BCUT2D eigenvalue weighted by molar-refractivity contribution is 6.33. The van der Waals surface area contributed by atoms with Gasteiger partial charge in [-0.15, -0.1) is 0 Å². The quantitative estimate of drug-likeness (QED) is 0.887. The lowest BCUT2D eigenvalue weighted by molar-refractivity contribution is -0.119. The van der Waals surface area contributed by atoms with Crippen molar-refractivity contribution >= 4 is 23.2 Å². The number of amides is 1. The molecule has 4 nitrogen and oxygen atoms in total. The zero-order valence-corrected chi connectivity index (χ0v) is 11.8.